The Balaban J connectivity index is 1.27. The fraction of sp³-hybridized carbons (Fsp3) is 0.455. The van der Waals surface area contributed by atoms with Gasteiger partial charge in [-0.3, -0.25) is 9.10 Å². The van der Waals surface area contributed by atoms with Gasteiger partial charge in [0, 0.05) is 24.1 Å². The summed E-state index contributed by atoms with van der Waals surface area (Å²) >= 11 is 1.16. The topological polar surface area (TPSA) is 96.9 Å². The lowest BCUT2D eigenvalue weighted by molar-refractivity contribution is -0.141. The summed E-state index contributed by atoms with van der Waals surface area (Å²) in [5, 5.41) is -0.424. The number of aliphatic imine (C=N–C) groups is 1. The van der Waals surface area contributed by atoms with Crippen molar-refractivity contribution >= 4 is 29.5 Å². The van der Waals surface area contributed by atoms with Crippen molar-refractivity contribution in [2.45, 2.75) is 48.8 Å². The van der Waals surface area contributed by atoms with Crippen molar-refractivity contribution < 1.29 is 31.5 Å². The number of aromatic nitrogens is 2. The number of amides is 1. The zero-order valence-corrected chi connectivity index (χ0v) is 19.3. The van der Waals surface area contributed by atoms with Gasteiger partial charge in [0.15, 0.2) is 5.96 Å². The van der Waals surface area contributed by atoms with Gasteiger partial charge >= 0.3 is 6.18 Å². The van der Waals surface area contributed by atoms with Gasteiger partial charge in [0.05, 0.1) is 29.7 Å². The number of nitrogens with two attached hydrogens (primary N) is 1. The van der Waals surface area contributed by atoms with Crippen molar-refractivity contribution in [3.63, 3.8) is 0 Å². The molecule has 2 fully saturated rings. The monoisotopic (exact) mass is 526 g/mol. The van der Waals surface area contributed by atoms with E-state index in [1.54, 1.807) is 0 Å². The molecule has 8 nitrogen and oxygen atoms in total. The molecule has 0 aliphatic carbocycles. The van der Waals surface area contributed by atoms with Crippen LogP contribution in [0.1, 0.15) is 57.9 Å². The quantitative estimate of drug-likeness (QED) is 0.439. The first kappa shape index (κ1) is 23.3. The van der Waals surface area contributed by atoms with E-state index >= 15 is 0 Å². The van der Waals surface area contributed by atoms with Gasteiger partial charge in [-0.2, -0.15) is 13.2 Å². The normalized spacial score (nSPS) is 26.2. The lowest BCUT2D eigenvalue weighted by Gasteiger charge is -2.30. The lowest BCUT2D eigenvalue weighted by Crippen LogP contribution is -2.40. The van der Waals surface area contributed by atoms with Crippen LogP contribution in [0.3, 0.4) is 0 Å². The molecular weight excluding hydrogens is 507 g/mol. The van der Waals surface area contributed by atoms with Gasteiger partial charge < -0.3 is 15.4 Å². The van der Waals surface area contributed by atoms with Crippen LogP contribution in [-0.4, -0.2) is 56.2 Å². The molecule has 2 aromatic heterocycles. The minimum absolute atomic E-state index is 0.0122. The van der Waals surface area contributed by atoms with Crippen LogP contribution in [-0.2, 0) is 6.18 Å². The Labute approximate surface area is 205 Å². The first-order valence-corrected chi connectivity index (χ1v) is 12.1. The standard InChI is InChI=1S/C22H19F5N6O2S/c23-21(24)7-14-11-6-12(29-8-13(11)30-20(28)32(14)9-21)19(34)33-5-1-2-15-17(36-33)10-3-4-16(22(25,26)27)31-18(10)35-15/h3-4,6,8,14-15,17H,1-2,5,7,9H2,(H2,28,30)/t14-,15+,17+/m1/s1. The number of nitrogens with zero attached hydrogens (tertiary/aromatic N) is 5. The van der Waals surface area contributed by atoms with Crippen LogP contribution in [0.2, 0.25) is 0 Å². The van der Waals surface area contributed by atoms with Crippen molar-refractivity contribution in [3.05, 3.63) is 46.9 Å². The summed E-state index contributed by atoms with van der Waals surface area (Å²) in [6, 6.07) is 3.01. The molecule has 1 amide bonds. The van der Waals surface area contributed by atoms with Crippen LogP contribution >= 0.6 is 11.9 Å². The van der Waals surface area contributed by atoms with E-state index in [4.69, 9.17) is 10.5 Å². The number of hydrogen-bond donors (Lipinski definition) is 1. The third-order valence-electron chi connectivity index (χ3n) is 6.70. The summed E-state index contributed by atoms with van der Waals surface area (Å²) in [7, 11) is 0. The van der Waals surface area contributed by atoms with Crippen LogP contribution in [0.5, 0.6) is 5.88 Å². The second-order valence-electron chi connectivity index (χ2n) is 9.12. The molecule has 2 saturated heterocycles. The largest absolute Gasteiger partial charge is 0.472 e. The maximum absolute atomic E-state index is 14.1. The van der Waals surface area contributed by atoms with Crippen LogP contribution in [0, 0.1) is 0 Å². The molecule has 4 aliphatic rings. The van der Waals surface area contributed by atoms with Crippen LogP contribution in [0.15, 0.2) is 29.4 Å². The van der Waals surface area contributed by atoms with Crippen LogP contribution in [0.4, 0.5) is 27.6 Å². The van der Waals surface area contributed by atoms with E-state index in [-0.39, 0.29) is 17.5 Å². The first-order chi connectivity index (χ1) is 17.0. The molecule has 0 radical (unpaired) electrons. The van der Waals surface area contributed by atoms with Gasteiger partial charge in [-0.05, 0) is 36.9 Å². The van der Waals surface area contributed by atoms with Gasteiger partial charge in [-0.25, -0.2) is 23.7 Å². The second kappa shape index (κ2) is 7.92. The number of halogens is 5. The Hall–Kier alpha value is -3.16. The Morgan fingerprint density at radius 1 is 1.25 bits per heavy atom. The van der Waals surface area contributed by atoms with Crippen LogP contribution < -0.4 is 10.5 Å². The molecule has 0 bridgehead atoms. The summed E-state index contributed by atoms with van der Waals surface area (Å²) < 4.78 is 74.7. The smallest absolute Gasteiger partial charge is 0.433 e. The molecule has 2 aromatic rings. The summed E-state index contributed by atoms with van der Waals surface area (Å²) in [5.41, 5.74) is 6.18. The predicted octanol–water partition coefficient (Wildman–Crippen LogP) is 4.22. The highest BCUT2D eigenvalue weighted by Gasteiger charge is 2.49. The molecule has 0 aromatic carbocycles. The highest BCUT2D eigenvalue weighted by Crippen LogP contribution is 2.50. The van der Waals surface area contributed by atoms with Gasteiger partial charge in [0.1, 0.15) is 17.5 Å². The zero-order chi connectivity index (χ0) is 25.4. The number of rotatable bonds is 1. The summed E-state index contributed by atoms with van der Waals surface area (Å²) in [5.74, 6) is -3.46. The van der Waals surface area contributed by atoms with Gasteiger partial charge in [-0.1, -0.05) is 6.07 Å². The highest BCUT2D eigenvalue weighted by atomic mass is 32.2. The lowest BCUT2D eigenvalue weighted by atomic mass is 10.0. The van der Waals surface area contributed by atoms with Crippen molar-refractivity contribution in [1.82, 2.24) is 19.2 Å². The number of guanidine groups is 1. The molecule has 36 heavy (non-hydrogen) atoms. The summed E-state index contributed by atoms with van der Waals surface area (Å²) in [6.45, 7) is -0.187. The van der Waals surface area contributed by atoms with E-state index in [0.29, 0.717) is 36.2 Å². The first-order valence-electron chi connectivity index (χ1n) is 11.2. The molecule has 4 aliphatic heterocycles. The zero-order valence-electron chi connectivity index (χ0n) is 18.5. The van der Waals surface area contributed by atoms with Crippen molar-refractivity contribution in [1.29, 1.82) is 0 Å². The van der Waals surface area contributed by atoms with Gasteiger partial charge in [0.25, 0.3) is 11.8 Å². The van der Waals surface area contributed by atoms with Crippen LogP contribution in [0.25, 0.3) is 0 Å². The van der Waals surface area contributed by atoms with Crippen molar-refractivity contribution in [2.24, 2.45) is 10.7 Å². The van der Waals surface area contributed by atoms with E-state index in [2.05, 4.69) is 15.0 Å². The number of alkyl halides is 5. The van der Waals surface area contributed by atoms with E-state index in [9.17, 15) is 26.7 Å². The average Bonchev–Trinajstić information content (AvgIpc) is 3.25. The third kappa shape index (κ3) is 3.82. The molecule has 2 N–H and O–H groups in total. The maximum Gasteiger partial charge on any atom is 0.433 e. The Morgan fingerprint density at radius 3 is 2.83 bits per heavy atom. The second-order valence-corrected chi connectivity index (χ2v) is 10.3. The van der Waals surface area contributed by atoms with Crippen molar-refractivity contribution in [2.75, 3.05) is 13.1 Å². The number of pyridine rings is 2. The molecule has 190 valence electrons. The number of carbonyl (C=O) groups excluding carboxylic acids is 1. The van der Waals surface area contributed by atoms with E-state index < -0.39 is 54.1 Å². The molecule has 3 atom stereocenters. The predicted molar refractivity (Wildman–Crippen MR) is 119 cm³/mol. The molecule has 0 saturated carbocycles. The maximum atomic E-state index is 14.1. The molecule has 6 rings (SSSR count). The van der Waals surface area contributed by atoms with Gasteiger partial charge in [-0.15, -0.1) is 0 Å². The van der Waals surface area contributed by atoms with Crippen molar-refractivity contribution in [3.8, 4) is 5.88 Å². The molecular formula is C22H19F5N6O2S. The number of ether oxygens (including phenoxy) is 1. The Morgan fingerprint density at radius 2 is 2.06 bits per heavy atom. The van der Waals surface area contributed by atoms with E-state index in [0.717, 1.165) is 18.0 Å². The molecule has 6 heterocycles. The fourth-order valence-corrected chi connectivity index (χ4v) is 6.35. The molecule has 14 heteroatoms. The Kier molecular flexibility index (Phi) is 5.11. The average molecular weight is 526 g/mol. The minimum atomic E-state index is -4.59. The highest BCUT2D eigenvalue weighted by molar-refractivity contribution is 7.97. The molecule has 0 unspecified atom stereocenters. The summed E-state index contributed by atoms with van der Waals surface area (Å²) in [6.07, 6.45) is -3.04. The van der Waals surface area contributed by atoms with Gasteiger partial charge in [0.2, 0.25) is 5.88 Å². The molecule has 0 spiro atoms. The Bertz CT molecular complexity index is 1290. The number of hydrogen-bond acceptors (Lipinski definition) is 8. The fourth-order valence-electron chi connectivity index (χ4n) is 5.03. The minimum Gasteiger partial charge on any atom is -0.472 e. The summed E-state index contributed by atoms with van der Waals surface area (Å²) in [4.78, 5) is 26.8. The van der Waals surface area contributed by atoms with E-state index in [1.807, 2.05) is 0 Å². The van der Waals surface area contributed by atoms with E-state index in [1.165, 1.54) is 27.5 Å². The number of fused-ring (bicyclic) bond motifs is 6. The SMILES string of the molecule is NC1=Nc2cnc(C(=O)N3CCC[C@@H]4Oc5nc(C(F)(F)F)ccc5[C@@H]4S3)cc2[C@H]2CC(F)(F)CN12. The number of carbonyl (C=O) groups is 1. The third-order valence-corrected chi connectivity index (χ3v) is 8.08.